The second-order valence-electron chi connectivity index (χ2n) is 8.09. The summed E-state index contributed by atoms with van der Waals surface area (Å²) in [6.45, 7) is 0. The molecule has 0 radical (unpaired) electrons. The maximum absolute atomic E-state index is 13.4. The van der Waals surface area contributed by atoms with E-state index in [-0.39, 0.29) is 34.1 Å². The van der Waals surface area contributed by atoms with Crippen LogP contribution in [0.15, 0.2) is 18.2 Å². The monoisotopic (exact) mass is 420 g/mol. The molecular weight excluding hydrogens is 399 g/mol. The summed E-state index contributed by atoms with van der Waals surface area (Å²) in [6.07, 6.45) is 3.35. The number of aromatic nitrogens is 2. The molecule has 2 aliphatic rings. The average molecular weight is 421 g/mol. The Kier molecular flexibility index (Phi) is 4.77. The number of nitrogens with two attached hydrogens (primary N) is 1. The summed E-state index contributed by atoms with van der Waals surface area (Å²) in [5, 5.41) is 7.12. The van der Waals surface area contributed by atoms with Crippen LogP contribution in [0.5, 0.6) is 0 Å². The zero-order chi connectivity index (χ0) is 20.9. The molecule has 154 valence electrons. The number of halogens is 2. The van der Waals surface area contributed by atoms with Crippen LogP contribution in [0.2, 0.25) is 5.02 Å². The molecule has 2 aliphatic carbocycles. The molecule has 1 spiro atoms. The van der Waals surface area contributed by atoms with Crippen LogP contribution in [0, 0.1) is 17.2 Å². The van der Waals surface area contributed by atoms with Crippen molar-refractivity contribution in [3.63, 3.8) is 0 Å². The first-order valence-electron chi connectivity index (χ1n) is 9.39. The highest BCUT2D eigenvalue weighted by Crippen LogP contribution is 2.64. The maximum atomic E-state index is 13.4. The normalized spacial score (nSPS) is 25.2. The number of hydrogen-bond donors (Lipinski definition) is 2. The van der Waals surface area contributed by atoms with Gasteiger partial charge in [-0.05, 0) is 49.3 Å². The Morgan fingerprint density at radius 3 is 2.66 bits per heavy atom. The number of carbonyl (C=O) groups excluding carboxylic acids is 2. The van der Waals surface area contributed by atoms with E-state index in [0.29, 0.717) is 16.9 Å². The van der Waals surface area contributed by atoms with Crippen molar-refractivity contribution in [2.24, 2.45) is 18.4 Å². The van der Waals surface area contributed by atoms with Crippen LogP contribution >= 0.6 is 11.6 Å². The number of nitrogens with zero attached hydrogens (tertiary/aromatic N) is 2. The van der Waals surface area contributed by atoms with Gasteiger partial charge >= 0.3 is 5.97 Å². The van der Waals surface area contributed by atoms with Crippen LogP contribution in [0.1, 0.15) is 47.7 Å². The smallest absolute Gasteiger partial charge is 0.308 e. The van der Waals surface area contributed by atoms with Gasteiger partial charge in [-0.3, -0.25) is 14.3 Å². The predicted octanol–water partition coefficient (Wildman–Crippen LogP) is 3.49. The Hall–Kier alpha value is -2.61. The maximum Gasteiger partial charge on any atom is 0.308 e. The molecule has 0 unspecified atom stereocenters. The quantitative estimate of drug-likeness (QED) is 0.737. The number of nitrogen functional groups attached to an aromatic ring is 1. The summed E-state index contributed by atoms with van der Waals surface area (Å²) >= 11 is 5.79. The van der Waals surface area contributed by atoms with Crippen LogP contribution in [-0.2, 0) is 16.6 Å². The Morgan fingerprint density at radius 2 is 2.03 bits per heavy atom. The Labute approximate surface area is 172 Å². The number of hydrogen-bond acceptors (Lipinski definition) is 5. The molecule has 1 aromatic heterocycles. The second kappa shape index (κ2) is 7.02. The van der Waals surface area contributed by atoms with Crippen molar-refractivity contribution in [3.05, 3.63) is 40.3 Å². The molecule has 1 amide bonds. The molecule has 1 aromatic carbocycles. The number of carbonyl (C=O) groups is 2. The summed E-state index contributed by atoms with van der Waals surface area (Å²) in [4.78, 5) is 24.5. The van der Waals surface area contributed by atoms with E-state index in [1.54, 1.807) is 7.05 Å². The first-order valence-corrected chi connectivity index (χ1v) is 9.77. The summed E-state index contributed by atoms with van der Waals surface area (Å²) < 4.78 is 19.7. The lowest BCUT2D eigenvalue weighted by Crippen LogP contribution is -2.49. The number of aryl methyl sites for hydroxylation is 1. The van der Waals surface area contributed by atoms with Crippen molar-refractivity contribution in [1.29, 1.82) is 0 Å². The highest BCUT2D eigenvalue weighted by molar-refractivity contribution is 6.31. The zero-order valence-corrected chi connectivity index (χ0v) is 16.9. The molecule has 0 bridgehead atoms. The number of ether oxygens (including phenoxy) is 1. The SMILES string of the molecule is COC(=O)C1CC2(C1)CC(c1nn(C)c(N)c1C(=O)Nc1ccc(F)c(Cl)c1)C2. The number of amides is 1. The third kappa shape index (κ3) is 3.35. The average Bonchev–Trinajstić information content (AvgIpc) is 2.90. The molecule has 4 rings (SSSR count). The molecule has 0 saturated heterocycles. The summed E-state index contributed by atoms with van der Waals surface area (Å²) in [6, 6.07) is 3.97. The van der Waals surface area contributed by atoms with E-state index in [4.69, 9.17) is 22.1 Å². The largest absolute Gasteiger partial charge is 0.469 e. The van der Waals surface area contributed by atoms with Crippen LogP contribution in [0.3, 0.4) is 0 Å². The molecule has 29 heavy (non-hydrogen) atoms. The number of esters is 1. The lowest BCUT2D eigenvalue weighted by atomic mass is 9.47. The van der Waals surface area contributed by atoms with Gasteiger partial charge in [0.05, 0.1) is 23.7 Å². The third-order valence-electron chi connectivity index (χ3n) is 6.16. The first kappa shape index (κ1) is 19.7. The van der Waals surface area contributed by atoms with Gasteiger partial charge in [-0.1, -0.05) is 11.6 Å². The molecule has 2 fully saturated rings. The number of nitrogens with one attached hydrogen (secondary N) is 1. The minimum Gasteiger partial charge on any atom is -0.469 e. The Bertz CT molecular complexity index is 992. The van der Waals surface area contributed by atoms with Gasteiger partial charge in [0.15, 0.2) is 0 Å². The van der Waals surface area contributed by atoms with E-state index in [1.807, 2.05) is 0 Å². The van der Waals surface area contributed by atoms with Crippen molar-refractivity contribution in [2.75, 3.05) is 18.2 Å². The standard InChI is InChI=1S/C20H22ClFN4O3/c1-26-17(23)15(18(27)24-12-3-4-14(22)13(21)5-12)16(25-26)10-6-20(7-10)8-11(9-20)19(28)29-2/h3-5,10-11H,6-9,23H2,1-2H3,(H,24,27). The first-order chi connectivity index (χ1) is 13.7. The molecule has 0 aliphatic heterocycles. The fourth-order valence-electron chi connectivity index (χ4n) is 4.68. The van der Waals surface area contributed by atoms with Gasteiger partial charge in [-0.15, -0.1) is 0 Å². The van der Waals surface area contributed by atoms with Gasteiger partial charge in [0, 0.05) is 18.7 Å². The highest BCUT2D eigenvalue weighted by atomic mass is 35.5. The van der Waals surface area contributed by atoms with Gasteiger partial charge in [-0.2, -0.15) is 5.10 Å². The molecule has 2 aromatic rings. The van der Waals surface area contributed by atoms with Crippen LogP contribution in [0.25, 0.3) is 0 Å². The van der Waals surface area contributed by atoms with Gasteiger partial charge < -0.3 is 15.8 Å². The molecule has 9 heteroatoms. The third-order valence-corrected chi connectivity index (χ3v) is 6.45. The van der Waals surface area contributed by atoms with Gasteiger partial charge in [0.1, 0.15) is 17.2 Å². The second-order valence-corrected chi connectivity index (χ2v) is 8.49. The highest BCUT2D eigenvalue weighted by Gasteiger charge is 2.56. The van der Waals surface area contributed by atoms with E-state index in [2.05, 4.69) is 10.4 Å². The Morgan fingerprint density at radius 1 is 1.34 bits per heavy atom. The van der Waals surface area contributed by atoms with E-state index in [9.17, 15) is 14.0 Å². The van der Waals surface area contributed by atoms with E-state index < -0.39 is 11.7 Å². The van der Waals surface area contributed by atoms with Gasteiger partial charge in [-0.25, -0.2) is 4.39 Å². The van der Waals surface area contributed by atoms with Crippen LogP contribution in [0.4, 0.5) is 15.9 Å². The molecule has 0 atom stereocenters. The zero-order valence-electron chi connectivity index (χ0n) is 16.2. The Balaban J connectivity index is 1.49. The van der Waals surface area contributed by atoms with E-state index in [1.165, 1.54) is 30.0 Å². The summed E-state index contributed by atoms with van der Waals surface area (Å²) in [5.41, 5.74) is 7.61. The van der Waals surface area contributed by atoms with E-state index in [0.717, 1.165) is 25.7 Å². The van der Waals surface area contributed by atoms with Gasteiger partial charge in [0.25, 0.3) is 5.91 Å². The summed E-state index contributed by atoms with van der Waals surface area (Å²) in [5.74, 6) is -0.769. The topological polar surface area (TPSA) is 99.2 Å². The molecule has 7 nitrogen and oxygen atoms in total. The summed E-state index contributed by atoms with van der Waals surface area (Å²) in [7, 11) is 3.10. The number of rotatable bonds is 4. The van der Waals surface area contributed by atoms with Crippen molar-refractivity contribution in [3.8, 4) is 0 Å². The van der Waals surface area contributed by atoms with Crippen molar-refractivity contribution < 1.29 is 18.7 Å². The van der Waals surface area contributed by atoms with Crippen LogP contribution < -0.4 is 11.1 Å². The fourth-order valence-corrected chi connectivity index (χ4v) is 4.86. The van der Waals surface area contributed by atoms with Crippen molar-refractivity contribution >= 4 is 35.0 Å². The lowest BCUT2D eigenvalue weighted by Gasteiger charge is -2.56. The number of benzene rings is 1. The van der Waals surface area contributed by atoms with Gasteiger partial charge in [0.2, 0.25) is 0 Å². The molecule has 2 saturated carbocycles. The number of methoxy groups -OCH3 is 1. The van der Waals surface area contributed by atoms with Crippen LogP contribution in [-0.4, -0.2) is 28.8 Å². The minimum atomic E-state index is -0.559. The van der Waals surface area contributed by atoms with Crippen molar-refractivity contribution in [1.82, 2.24) is 9.78 Å². The molecule has 3 N–H and O–H groups in total. The molecule has 1 heterocycles. The minimum absolute atomic E-state index is 0.0271. The van der Waals surface area contributed by atoms with Crippen molar-refractivity contribution in [2.45, 2.75) is 31.6 Å². The lowest BCUT2D eigenvalue weighted by molar-refractivity contribution is -0.159. The van der Waals surface area contributed by atoms with E-state index >= 15 is 0 Å². The number of anilines is 2. The molecular formula is C20H22ClFN4O3. The fraction of sp³-hybridized carbons (Fsp3) is 0.450. The predicted molar refractivity (Wildman–Crippen MR) is 106 cm³/mol.